The second-order valence-electron chi connectivity index (χ2n) is 6.04. The first-order valence-electron chi connectivity index (χ1n) is 7.36. The first-order chi connectivity index (χ1) is 9.24. The molecule has 0 aliphatic heterocycles. The normalized spacial score (nSPS) is 32.5. The molecule has 3 N–H and O–H groups in total. The van der Waals surface area contributed by atoms with Crippen molar-refractivity contribution in [1.29, 1.82) is 0 Å². The lowest BCUT2D eigenvalue weighted by Crippen LogP contribution is -2.29. The van der Waals surface area contributed by atoms with Gasteiger partial charge in [-0.15, -0.1) is 0 Å². The van der Waals surface area contributed by atoms with Gasteiger partial charge in [0.05, 0.1) is 6.10 Å². The highest BCUT2D eigenvalue weighted by atomic mass is 19.1. The Morgan fingerprint density at radius 3 is 2.42 bits per heavy atom. The van der Waals surface area contributed by atoms with Crippen LogP contribution in [0.25, 0.3) is 0 Å². The van der Waals surface area contributed by atoms with Gasteiger partial charge in [-0.3, -0.25) is 0 Å². The molecule has 4 unspecified atom stereocenters. The average Bonchev–Trinajstić information content (AvgIpc) is 3.16. The molecule has 2 nitrogen and oxygen atoms in total. The van der Waals surface area contributed by atoms with Gasteiger partial charge in [-0.1, -0.05) is 31.0 Å². The second-order valence-corrected chi connectivity index (χ2v) is 6.04. The highest BCUT2D eigenvalue weighted by Gasteiger charge is 2.55. The molecule has 1 aromatic carbocycles. The Balaban J connectivity index is 1.77. The van der Waals surface area contributed by atoms with Crippen molar-refractivity contribution in [2.24, 2.45) is 23.5 Å². The third-order valence-corrected chi connectivity index (χ3v) is 5.09. The van der Waals surface area contributed by atoms with Crippen LogP contribution in [0.4, 0.5) is 4.39 Å². The SMILES string of the molecule is NCC(c1ccccc1F)C(O)C1C2CCCCC21. The van der Waals surface area contributed by atoms with Crippen molar-refractivity contribution in [1.82, 2.24) is 0 Å². The Morgan fingerprint density at radius 1 is 1.21 bits per heavy atom. The van der Waals surface area contributed by atoms with Gasteiger partial charge in [0.15, 0.2) is 0 Å². The predicted octanol–water partition coefficient (Wildman–Crippen LogP) is 2.67. The molecule has 19 heavy (non-hydrogen) atoms. The number of fused-ring (bicyclic) bond motifs is 1. The highest BCUT2D eigenvalue weighted by Crippen LogP contribution is 2.58. The van der Waals surface area contributed by atoms with E-state index in [9.17, 15) is 9.50 Å². The van der Waals surface area contributed by atoms with E-state index in [0.717, 1.165) is 0 Å². The van der Waals surface area contributed by atoms with Crippen LogP contribution in [-0.2, 0) is 0 Å². The van der Waals surface area contributed by atoms with Crippen molar-refractivity contribution in [2.75, 3.05) is 6.54 Å². The molecule has 0 heterocycles. The summed E-state index contributed by atoms with van der Waals surface area (Å²) in [7, 11) is 0. The molecule has 2 fully saturated rings. The fourth-order valence-electron chi connectivity index (χ4n) is 4.05. The van der Waals surface area contributed by atoms with Crippen molar-refractivity contribution in [2.45, 2.75) is 37.7 Å². The summed E-state index contributed by atoms with van der Waals surface area (Å²) in [6.45, 7) is 0.304. The molecule has 0 radical (unpaired) electrons. The van der Waals surface area contributed by atoms with Gasteiger partial charge in [-0.25, -0.2) is 4.39 Å². The van der Waals surface area contributed by atoms with E-state index in [1.54, 1.807) is 12.1 Å². The maximum absolute atomic E-state index is 13.9. The minimum atomic E-state index is -0.491. The first-order valence-corrected chi connectivity index (χ1v) is 7.36. The van der Waals surface area contributed by atoms with E-state index in [0.29, 0.717) is 29.9 Å². The molecule has 2 aliphatic rings. The Kier molecular flexibility index (Phi) is 3.59. The van der Waals surface area contributed by atoms with Crippen molar-refractivity contribution >= 4 is 0 Å². The summed E-state index contributed by atoms with van der Waals surface area (Å²) >= 11 is 0. The number of hydrogen-bond acceptors (Lipinski definition) is 2. The summed E-state index contributed by atoms with van der Waals surface area (Å²) in [5.74, 6) is 1.14. The summed E-state index contributed by atoms with van der Waals surface area (Å²) < 4.78 is 13.9. The van der Waals surface area contributed by atoms with E-state index >= 15 is 0 Å². The molecule has 4 atom stereocenters. The largest absolute Gasteiger partial charge is 0.392 e. The number of rotatable bonds is 4. The molecule has 2 saturated carbocycles. The van der Waals surface area contributed by atoms with Gasteiger partial charge >= 0.3 is 0 Å². The summed E-state index contributed by atoms with van der Waals surface area (Å²) in [4.78, 5) is 0. The molecule has 1 aromatic rings. The molecule has 0 aromatic heterocycles. The Labute approximate surface area is 113 Å². The molecule has 0 bridgehead atoms. The van der Waals surface area contributed by atoms with Crippen LogP contribution in [0.15, 0.2) is 24.3 Å². The number of aliphatic hydroxyl groups excluding tert-OH is 1. The predicted molar refractivity (Wildman–Crippen MR) is 73.1 cm³/mol. The molecule has 104 valence electrons. The molecule has 3 heteroatoms. The molecule has 0 amide bonds. The molecular formula is C16H22FNO. The van der Waals surface area contributed by atoms with E-state index in [-0.39, 0.29) is 11.7 Å². The number of hydrogen-bond donors (Lipinski definition) is 2. The van der Waals surface area contributed by atoms with Crippen LogP contribution < -0.4 is 5.73 Å². The molecular weight excluding hydrogens is 241 g/mol. The Bertz CT molecular complexity index is 438. The highest BCUT2D eigenvalue weighted by molar-refractivity contribution is 5.25. The lowest BCUT2D eigenvalue weighted by molar-refractivity contribution is 0.111. The summed E-state index contributed by atoms with van der Waals surface area (Å²) in [6, 6.07) is 6.69. The summed E-state index contributed by atoms with van der Waals surface area (Å²) in [5.41, 5.74) is 6.37. The van der Waals surface area contributed by atoms with Gasteiger partial charge < -0.3 is 10.8 Å². The maximum Gasteiger partial charge on any atom is 0.126 e. The van der Waals surface area contributed by atoms with Gasteiger partial charge in [0.25, 0.3) is 0 Å². The van der Waals surface area contributed by atoms with E-state index < -0.39 is 6.10 Å². The Hall–Kier alpha value is -0.930. The standard InChI is InChI=1S/C16H22FNO/c17-14-8-4-3-5-10(14)13(9-18)16(19)15-11-6-1-2-7-12(11)15/h3-5,8,11-13,15-16,19H,1-2,6-7,9,18H2. The number of aliphatic hydroxyl groups is 1. The monoisotopic (exact) mass is 263 g/mol. The van der Waals surface area contributed by atoms with Gasteiger partial charge in [0.1, 0.15) is 5.82 Å². The molecule has 0 saturated heterocycles. The van der Waals surface area contributed by atoms with Gasteiger partial charge in [-0.05, 0) is 42.2 Å². The van der Waals surface area contributed by atoms with Gasteiger partial charge in [0, 0.05) is 12.5 Å². The van der Waals surface area contributed by atoms with Crippen LogP contribution in [-0.4, -0.2) is 17.8 Å². The van der Waals surface area contributed by atoms with Gasteiger partial charge in [0.2, 0.25) is 0 Å². The maximum atomic E-state index is 13.9. The number of benzene rings is 1. The van der Waals surface area contributed by atoms with Crippen LogP contribution >= 0.6 is 0 Å². The first kappa shape index (κ1) is 13.1. The van der Waals surface area contributed by atoms with Crippen molar-refractivity contribution in [3.05, 3.63) is 35.6 Å². The fraction of sp³-hybridized carbons (Fsp3) is 0.625. The Morgan fingerprint density at radius 2 is 1.84 bits per heavy atom. The van der Waals surface area contributed by atoms with Crippen LogP contribution in [0.1, 0.15) is 37.2 Å². The number of nitrogens with two attached hydrogens (primary N) is 1. The summed E-state index contributed by atoms with van der Waals surface area (Å²) in [5, 5.41) is 10.6. The average molecular weight is 263 g/mol. The number of halogens is 1. The van der Waals surface area contributed by atoms with E-state index in [1.807, 2.05) is 6.07 Å². The lowest BCUT2D eigenvalue weighted by atomic mass is 9.89. The zero-order chi connectivity index (χ0) is 13.4. The third kappa shape index (κ3) is 2.30. The molecule has 2 aliphatic carbocycles. The second kappa shape index (κ2) is 5.22. The smallest absolute Gasteiger partial charge is 0.126 e. The van der Waals surface area contributed by atoms with Crippen LogP contribution in [0.3, 0.4) is 0 Å². The minimum Gasteiger partial charge on any atom is -0.392 e. The van der Waals surface area contributed by atoms with Gasteiger partial charge in [-0.2, -0.15) is 0 Å². The lowest BCUT2D eigenvalue weighted by Gasteiger charge is -2.23. The molecule has 3 rings (SSSR count). The third-order valence-electron chi connectivity index (χ3n) is 5.09. The van der Waals surface area contributed by atoms with E-state index in [1.165, 1.54) is 31.7 Å². The fourth-order valence-corrected chi connectivity index (χ4v) is 4.05. The zero-order valence-corrected chi connectivity index (χ0v) is 11.1. The van der Waals surface area contributed by atoms with Crippen LogP contribution in [0.5, 0.6) is 0 Å². The van der Waals surface area contributed by atoms with E-state index in [4.69, 9.17) is 5.73 Å². The summed E-state index contributed by atoms with van der Waals surface area (Å²) in [6.07, 6.45) is 4.51. The van der Waals surface area contributed by atoms with Crippen molar-refractivity contribution in [3.63, 3.8) is 0 Å². The van der Waals surface area contributed by atoms with E-state index in [2.05, 4.69) is 0 Å². The quantitative estimate of drug-likeness (QED) is 0.877. The topological polar surface area (TPSA) is 46.2 Å². The van der Waals surface area contributed by atoms with Crippen molar-refractivity contribution in [3.8, 4) is 0 Å². The molecule has 0 spiro atoms. The zero-order valence-electron chi connectivity index (χ0n) is 11.1. The van der Waals surface area contributed by atoms with Crippen LogP contribution in [0.2, 0.25) is 0 Å². The van der Waals surface area contributed by atoms with Crippen molar-refractivity contribution < 1.29 is 9.50 Å². The van der Waals surface area contributed by atoms with Crippen LogP contribution in [0, 0.1) is 23.6 Å². The minimum absolute atomic E-state index is 0.249.